The van der Waals surface area contributed by atoms with Gasteiger partial charge in [0, 0.05) is 5.69 Å². The summed E-state index contributed by atoms with van der Waals surface area (Å²) in [6.45, 7) is 2.76. The Kier molecular flexibility index (Phi) is 2.75. The number of benzene rings is 1. The summed E-state index contributed by atoms with van der Waals surface area (Å²) in [5, 5.41) is 3.33. The fourth-order valence-corrected chi connectivity index (χ4v) is 2.56. The van der Waals surface area contributed by atoms with Crippen molar-refractivity contribution in [2.45, 2.75) is 38.6 Å². The minimum absolute atomic E-state index is 0.275. The topological polar surface area (TPSA) is 33.6 Å². The van der Waals surface area contributed by atoms with Gasteiger partial charge in [-0.1, -0.05) is 12.1 Å². The first-order chi connectivity index (χ1) is 8.33. The SMILES string of the molecule is CC1COC(Nc2cccc3c2CCCC3)=N1. The Hall–Kier alpha value is -1.51. The zero-order valence-electron chi connectivity index (χ0n) is 10.2. The smallest absolute Gasteiger partial charge is 0.289 e. The maximum atomic E-state index is 5.50. The van der Waals surface area contributed by atoms with Crippen LogP contribution in [0.25, 0.3) is 0 Å². The zero-order valence-corrected chi connectivity index (χ0v) is 10.2. The molecule has 90 valence electrons. The first-order valence-corrected chi connectivity index (χ1v) is 6.41. The lowest BCUT2D eigenvalue weighted by Gasteiger charge is -2.19. The molecule has 0 fully saturated rings. The molecule has 1 aromatic carbocycles. The number of nitrogens with one attached hydrogen (secondary N) is 1. The fraction of sp³-hybridized carbons (Fsp3) is 0.500. The molecule has 3 heteroatoms. The van der Waals surface area contributed by atoms with E-state index in [1.165, 1.54) is 42.5 Å². The van der Waals surface area contributed by atoms with Crippen molar-refractivity contribution in [2.24, 2.45) is 4.99 Å². The van der Waals surface area contributed by atoms with Crippen LogP contribution in [-0.2, 0) is 17.6 Å². The van der Waals surface area contributed by atoms with Crippen LogP contribution in [0.3, 0.4) is 0 Å². The highest BCUT2D eigenvalue weighted by Crippen LogP contribution is 2.28. The van der Waals surface area contributed by atoms with Crippen molar-refractivity contribution in [3.05, 3.63) is 29.3 Å². The highest BCUT2D eigenvalue weighted by atomic mass is 16.5. The average Bonchev–Trinajstić information content (AvgIpc) is 2.75. The number of anilines is 1. The summed E-state index contributed by atoms with van der Waals surface area (Å²) in [7, 11) is 0. The molecule has 0 aromatic heterocycles. The van der Waals surface area contributed by atoms with Gasteiger partial charge in [0.25, 0.3) is 6.02 Å². The van der Waals surface area contributed by atoms with Crippen molar-refractivity contribution < 1.29 is 4.74 Å². The summed E-state index contributed by atoms with van der Waals surface area (Å²) in [6.07, 6.45) is 4.97. The van der Waals surface area contributed by atoms with Crippen LogP contribution in [0.4, 0.5) is 5.69 Å². The Labute approximate surface area is 102 Å². The number of aryl methyl sites for hydroxylation is 1. The normalized spacial score (nSPS) is 22.6. The second-order valence-electron chi connectivity index (χ2n) is 4.87. The van der Waals surface area contributed by atoms with Crippen LogP contribution in [0.5, 0.6) is 0 Å². The Bertz CT molecular complexity index is 454. The lowest BCUT2D eigenvalue weighted by Crippen LogP contribution is -2.15. The van der Waals surface area contributed by atoms with E-state index in [-0.39, 0.29) is 6.04 Å². The van der Waals surface area contributed by atoms with E-state index < -0.39 is 0 Å². The second kappa shape index (κ2) is 4.40. The van der Waals surface area contributed by atoms with E-state index in [1.54, 1.807) is 0 Å². The molecule has 3 rings (SSSR count). The van der Waals surface area contributed by atoms with Crippen LogP contribution < -0.4 is 5.32 Å². The van der Waals surface area contributed by atoms with Crippen LogP contribution in [0.2, 0.25) is 0 Å². The first-order valence-electron chi connectivity index (χ1n) is 6.41. The van der Waals surface area contributed by atoms with Crippen molar-refractivity contribution in [1.82, 2.24) is 0 Å². The summed E-state index contributed by atoms with van der Waals surface area (Å²) < 4.78 is 5.50. The molecular formula is C14H18N2O. The molecule has 0 saturated carbocycles. The Morgan fingerprint density at radius 2 is 2.18 bits per heavy atom. The average molecular weight is 230 g/mol. The van der Waals surface area contributed by atoms with Gasteiger partial charge in [0.15, 0.2) is 0 Å². The van der Waals surface area contributed by atoms with E-state index in [4.69, 9.17) is 4.74 Å². The van der Waals surface area contributed by atoms with Crippen LogP contribution in [0.1, 0.15) is 30.9 Å². The predicted molar refractivity (Wildman–Crippen MR) is 69.6 cm³/mol. The van der Waals surface area contributed by atoms with Gasteiger partial charge in [0.05, 0.1) is 6.04 Å². The van der Waals surface area contributed by atoms with E-state index in [2.05, 4.69) is 35.4 Å². The van der Waals surface area contributed by atoms with E-state index in [0.717, 1.165) is 0 Å². The lowest BCUT2D eigenvalue weighted by molar-refractivity contribution is 0.322. The van der Waals surface area contributed by atoms with Crippen LogP contribution >= 0.6 is 0 Å². The van der Waals surface area contributed by atoms with E-state index in [9.17, 15) is 0 Å². The molecule has 0 radical (unpaired) electrons. The Morgan fingerprint density at radius 1 is 1.29 bits per heavy atom. The van der Waals surface area contributed by atoms with Gasteiger partial charge >= 0.3 is 0 Å². The van der Waals surface area contributed by atoms with E-state index >= 15 is 0 Å². The van der Waals surface area contributed by atoms with Gasteiger partial charge in [-0.25, -0.2) is 4.99 Å². The maximum Gasteiger partial charge on any atom is 0.289 e. The number of ether oxygens (including phenoxy) is 1. The molecule has 17 heavy (non-hydrogen) atoms. The van der Waals surface area contributed by atoms with Gasteiger partial charge in [0.2, 0.25) is 0 Å². The molecule has 0 bridgehead atoms. The molecule has 0 spiro atoms. The molecule has 1 aliphatic heterocycles. The molecule has 1 aliphatic carbocycles. The monoisotopic (exact) mass is 230 g/mol. The van der Waals surface area contributed by atoms with Crippen molar-refractivity contribution in [2.75, 3.05) is 11.9 Å². The standard InChI is InChI=1S/C14H18N2O/c1-10-9-17-14(15-10)16-13-8-4-6-11-5-2-3-7-12(11)13/h4,6,8,10H,2-3,5,7,9H2,1H3,(H,15,16). The van der Waals surface area contributed by atoms with Gasteiger partial charge in [0.1, 0.15) is 6.61 Å². The molecule has 1 aromatic rings. The highest BCUT2D eigenvalue weighted by Gasteiger charge is 2.17. The predicted octanol–water partition coefficient (Wildman–Crippen LogP) is 2.75. The molecule has 1 atom stereocenters. The van der Waals surface area contributed by atoms with Crippen molar-refractivity contribution in [3.8, 4) is 0 Å². The Balaban J connectivity index is 1.85. The summed E-state index contributed by atoms with van der Waals surface area (Å²) in [6, 6.07) is 7.43. The molecule has 1 heterocycles. The van der Waals surface area contributed by atoms with Gasteiger partial charge in [-0.2, -0.15) is 0 Å². The van der Waals surface area contributed by atoms with Gasteiger partial charge in [-0.15, -0.1) is 0 Å². The number of amidine groups is 1. The van der Waals surface area contributed by atoms with Crippen LogP contribution in [-0.4, -0.2) is 18.7 Å². The van der Waals surface area contributed by atoms with E-state index in [1.807, 2.05) is 0 Å². The fourth-order valence-electron chi connectivity index (χ4n) is 2.56. The third-order valence-corrected chi connectivity index (χ3v) is 3.44. The number of hydrogen-bond acceptors (Lipinski definition) is 3. The number of nitrogens with zero attached hydrogens (tertiary/aromatic N) is 1. The van der Waals surface area contributed by atoms with Crippen molar-refractivity contribution in [3.63, 3.8) is 0 Å². The minimum atomic E-state index is 0.275. The largest absolute Gasteiger partial charge is 0.463 e. The highest BCUT2D eigenvalue weighted by molar-refractivity contribution is 5.91. The molecule has 0 amide bonds. The summed E-state index contributed by atoms with van der Waals surface area (Å²) in [5.74, 6) is 0. The molecule has 3 nitrogen and oxygen atoms in total. The maximum absolute atomic E-state index is 5.50. The van der Waals surface area contributed by atoms with Crippen molar-refractivity contribution in [1.29, 1.82) is 0 Å². The zero-order chi connectivity index (χ0) is 11.7. The summed E-state index contributed by atoms with van der Waals surface area (Å²) in [4.78, 5) is 4.42. The third kappa shape index (κ3) is 2.14. The van der Waals surface area contributed by atoms with E-state index in [0.29, 0.717) is 12.6 Å². The molecule has 2 aliphatic rings. The second-order valence-corrected chi connectivity index (χ2v) is 4.87. The number of rotatable bonds is 1. The Morgan fingerprint density at radius 3 is 3.00 bits per heavy atom. The quantitative estimate of drug-likeness (QED) is 0.804. The number of aliphatic imine (C=N–C) groups is 1. The summed E-state index contributed by atoms with van der Waals surface area (Å²) in [5.41, 5.74) is 4.10. The molecular weight excluding hydrogens is 212 g/mol. The van der Waals surface area contributed by atoms with Crippen LogP contribution in [0, 0.1) is 0 Å². The van der Waals surface area contributed by atoms with Gasteiger partial charge in [-0.05, 0) is 49.8 Å². The molecule has 1 N–H and O–H groups in total. The first kappa shape index (κ1) is 10.6. The minimum Gasteiger partial charge on any atom is -0.463 e. The van der Waals surface area contributed by atoms with Gasteiger partial charge in [-0.3, -0.25) is 0 Å². The number of hydrogen-bond donors (Lipinski definition) is 1. The number of fused-ring (bicyclic) bond motifs is 1. The molecule has 1 unspecified atom stereocenters. The lowest BCUT2D eigenvalue weighted by atomic mass is 9.90. The van der Waals surface area contributed by atoms with Crippen LogP contribution in [0.15, 0.2) is 23.2 Å². The summed E-state index contributed by atoms with van der Waals surface area (Å²) >= 11 is 0. The third-order valence-electron chi connectivity index (χ3n) is 3.44. The molecule has 0 saturated heterocycles. The van der Waals surface area contributed by atoms with Crippen molar-refractivity contribution >= 4 is 11.7 Å². The van der Waals surface area contributed by atoms with Gasteiger partial charge < -0.3 is 10.1 Å².